The van der Waals surface area contributed by atoms with Crippen LogP contribution in [0.2, 0.25) is 0 Å². The van der Waals surface area contributed by atoms with Crippen LogP contribution in [0.1, 0.15) is 49.5 Å². The molecular weight excluding hydrogens is 276 g/mol. The molecule has 7 nitrogen and oxygen atoms in total. The third-order valence-electron chi connectivity index (χ3n) is 3.63. The van der Waals surface area contributed by atoms with Gasteiger partial charge in [0.25, 0.3) is 6.01 Å². The quantitative estimate of drug-likeness (QED) is 0.635. The van der Waals surface area contributed by atoms with E-state index in [9.17, 15) is 14.7 Å². The van der Waals surface area contributed by atoms with Crippen molar-refractivity contribution in [2.75, 3.05) is 11.9 Å². The molecule has 2 unspecified atom stereocenters. The minimum Gasteiger partial charge on any atom is -0.481 e. The number of ether oxygens (including phenoxy) is 1. The zero-order valence-corrected chi connectivity index (χ0v) is 12.0. The predicted molar refractivity (Wildman–Crippen MR) is 74.1 cm³/mol. The lowest BCUT2D eigenvalue weighted by molar-refractivity contribution is -0.142. The fourth-order valence-corrected chi connectivity index (χ4v) is 2.57. The number of rotatable bonds is 5. The third-order valence-corrected chi connectivity index (χ3v) is 3.63. The number of carbonyl (C=O) groups excluding carboxylic acids is 1. The average Bonchev–Trinajstić information content (AvgIpc) is 2.77. The lowest BCUT2D eigenvalue weighted by atomic mass is 9.95. The first kappa shape index (κ1) is 15.3. The van der Waals surface area contributed by atoms with E-state index in [-0.39, 0.29) is 24.4 Å². The number of aliphatic carboxylic acids is 1. The molecule has 2 N–H and O–H groups in total. The van der Waals surface area contributed by atoms with Crippen molar-refractivity contribution in [1.29, 1.82) is 0 Å². The second-order valence-corrected chi connectivity index (χ2v) is 5.09. The number of aromatic nitrogens is 1. The molecule has 0 aliphatic heterocycles. The number of carboxylic acid groups (broad SMARTS) is 1. The van der Waals surface area contributed by atoms with E-state index in [0.717, 1.165) is 25.7 Å². The molecule has 1 heterocycles. The van der Waals surface area contributed by atoms with Gasteiger partial charge in [-0.2, -0.15) is 4.98 Å². The Morgan fingerprint density at radius 3 is 2.90 bits per heavy atom. The van der Waals surface area contributed by atoms with E-state index >= 15 is 0 Å². The summed E-state index contributed by atoms with van der Waals surface area (Å²) in [4.78, 5) is 26.9. The van der Waals surface area contributed by atoms with Gasteiger partial charge in [0, 0.05) is 6.04 Å². The van der Waals surface area contributed by atoms with Crippen molar-refractivity contribution in [3.63, 3.8) is 0 Å². The molecule has 2 atom stereocenters. The Hall–Kier alpha value is -2.05. The van der Waals surface area contributed by atoms with Crippen LogP contribution in [-0.2, 0) is 9.53 Å². The topological polar surface area (TPSA) is 102 Å². The van der Waals surface area contributed by atoms with E-state index in [2.05, 4.69) is 10.3 Å². The molecule has 116 valence electrons. The summed E-state index contributed by atoms with van der Waals surface area (Å²) in [6, 6.07) is -0.0742. The maximum Gasteiger partial charge on any atom is 0.360 e. The van der Waals surface area contributed by atoms with Crippen molar-refractivity contribution in [3.8, 4) is 0 Å². The largest absolute Gasteiger partial charge is 0.481 e. The van der Waals surface area contributed by atoms with Crippen LogP contribution in [0.25, 0.3) is 0 Å². The highest BCUT2D eigenvalue weighted by Gasteiger charge is 2.30. The summed E-state index contributed by atoms with van der Waals surface area (Å²) in [6.45, 7) is 1.97. The van der Waals surface area contributed by atoms with E-state index in [4.69, 9.17) is 9.15 Å². The molecule has 1 aliphatic rings. The number of hydrogen-bond acceptors (Lipinski definition) is 6. The van der Waals surface area contributed by atoms with Gasteiger partial charge in [-0.15, -0.1) is 0 Å². The maximum atomic E-state index is 11.5. The zero-order chi connectivity index (χ0) is 15.2. The first-order chi connectivity index (χ1) is 10.1. The van der Waals surface area contributed by atoms with Crippen LogP contribution >= 0.6 is 0 Å². The van der Waals surface area contributed by atoms with Crippen LogP contribution in [0.5, 0.6) is 0 Å². The summed E-state index contributed by atoms with van der Waals surface area (Å²) in [6.07, 6.45) is 5.50. The first-order valence-electron chi connectivity index (χ1n) is 7.23. The number of esters is 1. The molecule has 0 spiro atoms. The highest BCUT2D eigenvalue weighted by Crippen LogP contribution is 2.26. The normalized spacial score (nSPS) is 22.3. The molecule has 0 saturated heterocycles. The number of carbonyl (C=O) groups is 2. The van der Waals surface area contributed by atoms with E-state index in [1.165, 1.54) is 6.26 Å². The number of oxazole rings is 1. The Morgan fingerprint density at radius 2 is 2.19 bits per heavy atom. The molecule has 1 aliphatic carbocycles. The van der Waals surface area contributed by atoms with Gasteiger partial charge >= 0.3 is 11.9 Å². The van der Waals surface area contributed by atoms with Gasteiger partial charge in [0.2, 0.25) is 0 Å². The van der Waals surface area contributed by atoms with Crippen molar-refractivity contribution in [2.24, 2.45) is 5.92 Å². The fourth-order valence-electron chi connectivity index (χ4n) is 2.57. The van der Waals surface area contributed by atoms with Gasteiger partial charge in [-0.25, -0.2) is 4.79 Å². The van der Waals surface area contributed by atoms with Crippen LogP contribution in [0, 0.1) is 5.92 Å². The third kappa shape index (κ3) is 3.96. The Kier molecular flexibility index (Phi) is 5.19. The van der Waals surface area contributed by atoms with Gasteiger partial charge in [-0.05, 0) is 19.8 Å². The molecule has 21 heavy (non-hydrogen) atoms. The summed E-state index contributed by atoms with van der Waals surface area (Å²) in [7, 11) is 0. The highest BCUT2D eigenvalue weighted by molar-refractivity contribution is 5.87. The van der Waals surface area contributed by atoms with Gasteiger partial charge in [0.05, 0.1) is 12.5 Å². The molecule has 7 heteroatoms. The van der Waals surface area contributed by atoms with Gasteiger partial charge in [0.1, 0.15) is 6.26 Å². The predicted octanol–water partition coefficient (Wildman–Crippen LogP) is 2.30. The van der Waals surface area contributed by atoms with Gasteiger partial charge in [-0.3, -0.25) is 4.79 Å². The second-order valence-electron chi connectivity index (χ2n) is 5.09. The standard InChI is InChI=1S/C14H20N2O5/c1-2-20-13(19)11-8-21-14(16-11)15-10-7-5-3-4-6-9(10)12(17)18/h8-10H,2-7H2,1H3,(H,15,16)(H,17,18). The van der Waals surface area contributed by atoms with Gasteiger partial charge in [-0.1, -0.05) is 19.3 Å². The summed E-state index contributed by atoms with van der Waals surface area (Å²) in [5, 5.41) is 12.3. The molecule has 0 aromatic carbocycles. The number of anilines is 1. The molecule has 0 amide bonds. The number of carboxylic acids is 1. The summed E-state index contributed by atoms with van der Waals surface area (Å²) < 4.78 is 10.0. The molecule has 0 radical (unpaired) electrons. The molecule has 1 aromatic rings. The second kappa shape index (κ2) is 7.10. The molecule has 2 rings (SSSR count). The number of nitrogens with one attached hydrogen (secondary N) is 1. The first-order valence-corrected chi connectivity index (χ1v) is 7.23. The lowest BCUT2D eigenvalue weighted by Gasteiger charge is -2.21. The van der Waals surface area contributed by atoms with E-state index < -0.39 is 17.9 Å². The minimum absolute atomic E-state index is 0.0832. The summed E-state index contributed by atoms with van der Waals surface area (Å²) >= 11 is 0. The van der Waals surface area contributed by atoms with Crippen molar-refractivity contribution < 1.29 is 23.8 Å². The number of nitrogens with zero attached hydrogens (tertiary/aromatic N) is 1. The molecule has 1 saturated carbocycles. The van der Waals surface area contributed by atoms with Crippen LogP contribution < -0.4 is 5.32 Å². The highest BCUT2D eigenvalue weighted by atomic mass is 16.5. The van der Waals surface area contributed by atoms with Crippen molar-refractivity contribution in [1.82, 2.24) is 4.98 Å². The van der Waals surface area contributed by atoms with E-state index in [0.29, 0.717) is 6.42 Å². The summed E-state index contributed by atoms with van der Waals surface area (Å²) in [5.41, 5.74) is 0.0832. The zero-order valence-electron chi connectivity index (χ0n) is 12.0. The SMILES string of the molecule is CCOC(=O)c1coc(NC2CCCCCC2C(=O)O)n1. The van der Waals surface area contributed by atoms with Crippen molar-refractivity contribution >= 4 is 18.0 Å². The maximum absolute atomic E-state index is 11.5. The fraction of sp³-hybridized carbons (Fsp3) is 0.643. The molecule has 0 bridgehead atoms. The Balaban J connectivity index is 2.05. The average molecular weight is 296 g/mol. The van der Waals surface area contributed by atoms with Crippen molar-refractivity contribution in [2.45, 2.75) is 45.1 Å². The Bertz CT molecular complexity index is 499. The Morgan fingerprint density at radius 1 is 1.43 bits per heavy atom. The summed E-state index contributed by atoms with van der Waals surface area (Å²) in [5.74, 6) is -1.83. The van der Waals surface area contributed by atoms with Gasteiger partial charge < -0.3 is 19.6 Å². The van der Waals surface area contributed by atoms with Gasteiger partial charge in [0.15, 0.2) is 5.69 Å². The molecule has 1 aromatic heterocycles. The van der Waals surface area contributed by atoms with Crippen LogP contribution in [0.4, 0.5) is 6.01 Å². The smallest absolute Gasteiger partial charge is 0.360 e. The lowest BCUT2D eigenvalue weighted by Crippen LogP contribution is -2.33. The number of hydrogen-bond donors (Lipinski definition) is 2. The van der Waals surface area contributed by atoms with E-state index in [1.807, 2.05) is 0 Å². The van der Waals surface area contributed by atoms with Crippen LogP contribution in [0.15, 0.2) is 10.7 Å². The van der Waals surface area contributed by atoms with Crippen molar-refractivity contribution in [3.05, 3.63) is 12.0 Å². The Labute approximate surface area is 122 Å². The molecule has 1 fully saturated rings. The molecular formula is C14H20N2O5. The minimum atomic E-state index is -0.813. The van der Waals surface area contributed by atoms with Crippen LogP contribution in [0.3, 0.4) is 0 Å². The van der Waals surface area contributed by atoms with Crippen LogP contribution in [-0.4, -0.2) is 34.7 Å². The monoisotopic (exact) mass is 296 g/mol. The van der Waals surface area contributed by atoms with E-state index in [1.54, 1.807) is 6.92 Å².